The van der Waals surface area contributed by atoms with Gasteiger partial charge < -0.3 is 10.1 Å². The van der Waals surface area contributed by atoms with E-state index < -0.39 is 15.9 Å². The van der Waals surface area contributed by atoms with Crippen molar-refractivity contribution in [3.8, 4) is 11.5 Å². The first-order valence-electron chi connectivity index (χ1n) is 15.6. The molecule has 0 aromatic heterocycles. The van der Waals surface area contributed by atoms with Crippen molar-refractivity contribution in [3.05, 3.63) is 114 Å². The van der Waals surface area contributed by atoms with E-state index in [2.05, 4.69) is 17.4 Å². The fourth-order valence-corrected chi connectivity index (χ4v) is 9.47. The van der Waals surface area contributed by atoms with Crippen molar-refractivity contribution < 1.29 is 17.9 Å². The van der Waals surface area contributed by atoms with Gasteiger partial charge in [-0.1, -0.05) is 48.0 Å². The van der Waals surface area contributed by atoms with E-state index in [9.17, 15) is 13.2 Å². The largest absolute Gasteiger partial charge is 0.457 e. The highest BCUT2D eigenvalue weighted by molar-refractivity contribution is 7.92. The molecular weight excluding hydrogens is 568 g/mol. The van der Waals surface area contributed by atoms with Crippen LogP contribution < -0.4 is 14.4 Å². The maximum atomic E-state index is 13.9. The van der Waals surface area contributed by atoms with E-state index in [4.69, 9.17) is 4.74 Å². The zero-order chi connectivity index (χ0) is 30.3. The smallest absolute Gasteiger partial charge is 0.264 e. The predicted octanol–water partition coefficient (Wildman–Crippen LogP) is 8.16. The standard InChI is InChI=1S/C37H38N2O4S/c1-25-7-17-35(18-8-25)44(41,42)39(32-13-15-34(16-14-32)43-33-5-3-2-4-6-33)24-36(40)38-31-11-9-28(10-12-31)37-29-20-26-19-27(22-29)23-30(37)21-26/h2-18,26-27,29-30,37H,19-24H2,1H3,(H,38,40). The van der Waals surface area contributed by atoms with Gasteiger partial charge in [0.05, 0.1) is 10.6 Å². The average molecular weight is 607 g/mol. The summed E-state index contributed by atoms with van der Waals surface area (Å²) in [4.78, 5) is 13.5. The van der Waals surface area contributed by atoms with Crippen molar-refractivity contribution >= 4 is 27.3 Å². The van der Waals surface area contributed by atoms with E-state index in [1.165, 1.54) is 37.7 Å². The first-order valence-corrected chi connectivity index (χ1v) is 17.1. The number of sulfonamides is 1. The number of carbonyl (C=O) groups excluding carboxylic acids is 1. The molecule has 4 aromatic rings. The van der Waals surface area contributed by atoms with Crippen molar-refractivity contribution in [2.45, 2.75) is 49.8 Å². The number of ether oxygens (including phenoxy) is 1. The maximum Gasteiger partial charge on any atom is 0.264 e. The van der Waals surface area contributed by atoms with E-state index >= 15 is 0 Å². The van der Waals surface area contributed by atoms with Crippen molar-refractivity contribution in [3.63, 3.8) is 0 Å². The fourth-order valence-electron chi connectivity index (χ4n) is 8.05. The second-order valence-electron chi connectivity index (χ2n) is 12.9. The third-order valence-electron chi connectivity index (χ3n) is 9.81. The first-order chi connectivity index (χ1) is 21.3. The minimum absolute atomic E-state index is 0.125. The molecule has 0 spiro atoms. The molecule has 0 atom stereocenters. The van der Waals surface area contributed by atoms with Crippen LogP contribution in [0.1, 0.15) is 49.1 Å². The lowest BCUT2D eigenvalue weighted by Crippen LogP contribution is -2.43. The van der Waals surface area contributed by atoms with Crippen molar-refractivity contribution in [2.24, 2.45) is 23.7 Å². The molecule has 8 rings (SSSR count). The zero-order valence-electron chi connectivity index (χ0n) is 24.9. The van der Waals surface area contributed by atoms with Crippen LogP contribution in [0.25, 0.3) is 0 Å². The molecule has 44 heavy (non-hydrogen) atoms. The quantitative estimate of drug-likeness (QED) is 0.209. The molecule has 0 saturated heterocycles. The van der Waals surface area contributed by atoms with Gasteiger partial charge in [0.25, 0.3) is 10.0 Å². The summed E-state index contributed by atoms with van der Waals surface area (Å²) in [6.07, 6.45) is 6.89. The highest BCUT2D eigenvalue weighted by atomic mass is 32.2. The molecule has 4 aliphatic carbocycles. The molecule has 6 nitrogen and oxygen atoms in total. The van der Waals surface area contributed by atoms with Crippen LogP contribution in [0.4, 0.5) is 11.4 Å². The fraction of sp³-hybridized carbons (Fsp3) is 0.324. The van der Waals surface area contributed by atoms with Gasteiger partial charge in [0.1, 0.15) is 18.0 Å². The molecule has 4 aliphatic rings. The number of nitrogens with one attached hydrogen (secondary N) is 1. The van der Waals surface area contributed by atoms with Crippen LogP contribution in [0.3, 0.4) is 0 Å². The van der Waals surface area contributed by atoms with Crippen LogP contribution >= 0.6 is 0 Å². The number of hydrogen-bond acceptors (Lipinski definition) is 4. The average Bonchev–Trinajstić information content (AvgIpc) is 3.01. The molecule has 1 amide bonds. The molecule has 4 aromatic carbocycles. The molecule has 4 fully saturated rings. The van der Waals surface area contributed by atoms with Crippen molar-refractivity contribution in [1.29, 1.82) is 0 Å². The Morgan fingerprint density at radius 2 is 1.34 bits per heavy atom. The first kappa shape index (κ1) is 28.7. The Labute approximate surface area is 260 Å². The zero-order valence-corrected chi connectivity index (χ0v) is 25.7. The third-order valence-corrected chi connectivity index (χ3v) is 11.6. The normalized spacial score (nSPS) is 23.7. The number of aryl methyl sites for hydroxylation is 1. The summed E-state index contributed by atoms with van der Waals surface area (Å²) in [5, 5.41) is 2.94. The van der Waals surface area contributed by atoms with Gasteiger partial charge in [-0.25, -0.2) is 8.42 Å². The Hall–Kier alpha value is -4.10. The Morgan fingerprint density at radius 1 is 0.750 bits per heavy atom. The second-order valence-corrected chi connectivity index (χ2v) is 14.7. The van der Waals surface area contributed by atoms with Crippen LogP contribution in [0.15, 0.2) is 108 Å². The molecule has 7 heteroatoms. The molecule has 0 unspecified atom stereocenters. The Kier molecular flexibility index (Phi) is 7.67. The van der Waals surface area contributed by atoms with Gasteiger partial charge in [-0.05, 0) is 135 Å². The monoisotopic (exact) mass is 606 g/mol. The van der Waals surface area contributed by atoms with Gasteiger partial charge in [0.2, 0.25) is 5.91 Å². The highest BCUT2D eigenvalue weighted by Crippen LogP contribution is 2.59. The summed E-state index contributed by atoms with van der Waals surface area (Å²) < 4.78 is 34.8. The van der Waals surface area contributed by atoms with Crippen LogP contribution in [0.5, 0.6) is 11.5 Å². The minimum Gasteiger partial charge on any atom is -0.457 e. The van der Waals surface area contributed by atoms with Gasteiger partial charge in [0, 0.05) is 5.69 Å². The van der Waals surface area contributed by atoms with E-state index in [0.717, 1.165) is 33.5 Å². The molecule has 0 aliphatic heterocycles. The summed E-state index contributed by atoms with van der Waals surface area (Å²) >= 11 is 0. The van der Waals surface area contributed by atoms with Crippen LogP contribution in [0.2, 0.25) is 0 Å². The number of amides is 1. The van der Waals surface area contributed by atoms with E-state index in [-0.39, 0.29) is 11.4 Å². The van der Waals surface area contributed by atoms with Crippen LogP contribution in [0, 0.1) is 30.6 Å². The number of anilines is 2. The van der Waals surface area contributed by atoms with Crippen LogP contribution in [-0.2, 0) is 14.8 Å². The lowest BCUT2D eigenvalue weighted by molar-refractivity contribution is -0.114. The summed E-state index contributed by atoms with van der Waals surface area (Å²) in [5.41, 5.74) is 3.37. The summed E-state index contributed by atoms with van der Waals surface area (Å²) in [7, 11) is -4.03. The summed E-state index contributed by atoms with van der Waals surface area (Å²) in [6, 6.07) is 31.0. The van der Waals surface area contributed by atoms with Gasteiger partial charge in [-0.3, -0.25) is 9.10 Å². The molecule has 4 bridgehead atoms. The number of para-hydroxylation sites is 1. The number of rotatable bonds is 9. The van der Waals surface area contributed by atoms with Crippen LogP contribution in [-0.4, -0.2) is 20.9 Å². The van der Waals surface area contributed by atoms with E-state index in [1.54, 1.807) is 48.5 Å². The lowest BCUT2D eigenvalue weighted by atomic mass is 9.51. The minimum atomic E-state index is -4.03. The maximum absolute atomic E-state index is 13.9. The predicted molar refractivity (Wildman–Crippen MR) is 174 cm³/mol. The Balaban J connectivity index is 1.09. The molecule has 4 saturated carbocycles. The van der Waals surface area contributed by atoms with E-state index in [0.29, 0.717) is 28.8 Å². The SMILES string of the molecule is Cc1ccc(S(=O)(=O)N(CC(=O)Nc2ccc(C3C4CC5CC(C4)CC3C5)cc2)c2ccc(Oc3ccccc3)cc2)cc1. The van der Waals surface area contributed by atoms with Crippen molar-refractivity contribution in [1.82, 2.24) is 0 Å². The van der Waals surface area contributed by atoms with Gasteiger partial charge in [-0.15, -0.1) is 0 Å². The lowest BCUT2D eigenvalue weighted by Gasteiger charge is -2.54. The highest BCUT2D eigenvalue weighted by Gasteiger charge is 2.48. The summed E-state index contributed by atoms with van der Waals surface area (Å²) in [6.45, 7) is 1.54. The van der Waals surface area contributed by atoms with Gasteiger partial charge >= 0.3 is 0 Å². The molecule has 226 valence electrons. The molecule has 1 N–H and O–H groups in total. The summed E-state index contributed by atoms with van der Waals surface area (Å²) in [5.74, 6) is 4.89. The van der Waals surface area contributed by atoms with Gasteiger partial charge in [-0.2, -0.15) is 0 Å². The van der Waals surface area contributed by atoms with Gasteiger partial charge in [0.15, 0.2) is 0 Å². The number of benzene rings is 4. The Morgan fingerprint density at radius 3 is 1.95 bits per heavy atom. The third kappa shape index (κ3) is 5.85. The topological polar surface area (TPSA) is 75.7 Å². The van der Waals surface area contributed by atoms with Crippen molar-refractivity contribution in [2.75, 3.05) is 16.2 Å². The van der Waals surface area contributed by atoms with E-state index in [1.807, 2.05) is 49.4 Å². The Bertz CT molecular complexity index is 1690. The number of nitrogens with zero attached hydrogens (tertiary/aromatic N) is 1. The number of hydrogen-bond donors (Lipinski definition) is 1. The second kappa shape index (κ2) is 11.8. The molecule has 0 radical (unpaired) electrons. The molecule has 0 heterocycles. The number of carbonyl (C=O) groups is 1. The molecular formula is C37H38N2O4S.